The number of hydrogen-bond donors (Lipinski definition) is 4. The highest BCUT2D eigenvalue weighted by Gasteiger charge is 2.11. The van der Waals surface area contributed by atoms with Crippen molar-refractivity contribution in [1.82, 2.24) is 0 Å². The Morgan fingerprint density at radius 1 is 0.643 bits per heavy atom. The molecule has 0 heterocycles. The molecule has 28 heavy (non-hydrogen) atoms. The second-order valence-corrected chi connectivity index (χ2v) is 7.57. The van der Waals surface area contributed by atoms with E-state index in [0.717, 1.165) is 32.1 Å². The molecule has 0 aliphatic carbocycles. The zero-order valence-electron chi connectivity index (χ0n) is 18.1. The molecule has 6 heteroatoms. The van der Waals surface area contributed by atoms with Crippen LogP contribution in [-0.4, -0.2) is 44.6 Å². The van der Waals surface area contributed by atoms with Gasteiger partial charge in [0.1, 0.15) is 0 Å². The van der Waals surface area contributed by atoms with Crippen LogP contribution < -0.4 is 0 Å². The molecule has 2 unspecified atom stereocenters. The van der Waals surface area contributed by atoms with E-state index in [9.17, 15) is 14.7 Å². The monoisotopic (exact) mass is 404 g/mol. The molecule has 2 atom stereocenters. The fraction of sp³-hybridized carbons (Fsp3) is 0.909. The second kappa shape index (κ2) is 22.2. The van der Waals surface area contributed by atoms with E-state index in [0.29, 0.717) is 12.8 Å². The molecular formula is C22H44O6. The first-order valence-electron chi connectivity index (χ1n) is 11.2. The molecule has 6 nitrogen and oxygen atoms in total. The van der Waals surface area contributed by atoms with E-state index in [1.54, 1.807) is 0 Å². The zero-order valence-corrected chi connectivity index (χ0v) is 18.1. The van der Waals surface area contributed by atoms with Crippen molar-refractivity contribution in [1.29, 1.82) is 0 Å². The van der Waals surface area contributed by atoms with Gasteiger partial charge in [-0.25, -0.2) is 4.79 Å². The van der Waals surface area contributed by atoms with Gasteiger partial charge in [-0.2, -0.15) is 0 Å². The molecule has 0 aliphatic rings. The van der Waals surface area contributed by atoms with E-state index >= 15 is 0 Å². The summed E-state index contributed by atoms with van der Waals surface area (Å²) in [4.78, 5) is 20.5. The molecular weight excluding hydrogens is 360 g/mol. The minimum Gasteiger partial charge on any atom is -0.481 e. The Morgan fingerprint density at radius 3 is 1.43 bits per heavy atom. The maximum Gasteiger partial charge on any atom is 0.332 e. The van der Waals surface area contributed by atoms with Crippen molar-refractivity contribution in [3.8, 4) is 0 Å². The molecule has 168 valence electrons. The summed E-state index contributed by atoms with van der Waals surface area (Å²) in [5.74, 6) is -2.01. The Morgan fingerprint density at radius 2 is 1.04 bits per heavy atom. The van der Waals surface area contributed by atoms with Crippen LogP contribution >= 0.6 is 0 Å². The predicted molar refractivity (Wildman–Crippen MR) is 113 cm³/mol. The number of hydrogen-bond acceptors (Lipinski definition) is 4. The Balaban J connectivity index is 0. The smallest absolute Gasteiger partial charge is 0.332 e. The largest absolute Gasteiger partial charge is 0.481 e. The van der Waals surface area contributed by atoms with Gasteiger partial charge in [0.2, 0.25) is 0 Å². The second-order valence-electron chi connectivity index (χ2n) is 7.57. The van der Waals surface area contributed by atoms with Gasteiger partial charge in [-0.3, -0.25) is 4.79 Å². The lowest BCUT2D eigenvalue weighted by Gasteiger charge is -2.06. The molecule has 0 aromatic carbocycles. The van der Waals surface area contributed by atoms with Gasteiger partial charge in [-0.1, -0.05) is 97.3 Å². The van der Waals surface area contributed by atoms with Gasteiger partial charge < -0.3 is 20.4 Å². The number of carbonyl (C=O) groups is 2. The van der Waals surface area contributed by atoms with E-state index < -0.39 is 24.1 Å². The molecule has 0 amide bonds. The van der Waals surface area contributed by atoms with Crippen LogP contribution in [0.2, 0.25) is 0 Å². The van der Waals surface area contributed by atoms with Crippen LogP contribution in [0.15, 0.2) is 0 Å². The van der Waals surface area contributed by atoms with Crippen molar-refractivity contribution >= 4 is 11.9 Å². The van der Waals surface area contributed by atoms with Crippen molar-refractivity contribution in [2.45, 2.75) is 129 Å². The molecule has 0 aromatic heterocycles. The highest BCUT2D eigenvalue weighted by Crippen LogP contribution is 2.10. The minimum absolute atomic E-state index is 0.116. The molecule has 4 N–H and O–H groups in total. The van der Waals surface area contributed by atoms with Gasteiger partial charge >= 0.3 is 11.9 Å². The summed E-state index contributed by atoms with van der Waals surface area (Å²) < 4.78 is 0. The van der Waals surface area contributed by atoms with Crippen molar-refractivity contribution in [3.05, 3.63) is 0 Å². The molecule has 0 fully saturated rings. The number of carboxylic acids is 2. The van der Waals surface area contributed by atoms with Gasteiger partial charge in [0.05, 0.1) is 12.5 Å². The van der Waals surface area contributed by atoms with Crippen LogP contribution in [0.5, 0.6) is 0 Å². The van der Waals surface area contributed by atoms with E-state index in [4.69, 9.17) is 15.3 Å². The summed E-state index contributed by atoms with van der Waals surface area (Å²) in [6, 6.07) is 0. The summed E-state index contributed by atoms with van der Waals surface area (Å²) in [5, 5.41) is 35.0. The Bertz CT molecular complexity index is 359. The predicted octanol–water partition coefficient (Wildman–Crippen LogP) is 5.15. The number of carboxylic acid groups (broad SMARTS) is 2. The first kappa shape index (κ1) is 29.1. The molecule has 0 aromatic rings. The van der Waals surface area contributed by atoms with Crippen LogP contribution in [0.1, 0.15) is 117 Å². The first-order valence-corrected chi connectivity index (χ1v) is 11.2. The van der Waals surface area contributed by atoms with E-state index in [2.05, 4.69) is 13.8 Å². The lowest BCUT2D eigenvalue weighted by molar-refractivity contribution is -0.147. The van der Waals surface area contributed by atoms with Crippen LogP contribution in [0.3, 0.4) is 0 Å². The third-order valence-corrected chi connectivity index (χ3v) is 4.67. The first-order chi connectivity index (χ1) is 13.3. The summed E-state index contributed by atoms with van der Waals surface area (Å²) in [6.07, 6.45) is 14.2. The SMILES string of the molecule is CCCCCCCCC(O)CC(=O)O.CCCCCCCCCC(O)C(=O)O. The summed E-state index contributed by atoms with van der Waals surface area (Å²) >= 11 is 0. The van der Waals surface area contributed by atoms with Crippen LogP contribution in [0, 0.1) is 0 Å². The topological polar surface area (TPSA) is 115 Å². The number of unbranched alkanes of at least 4 members (excludes halogenated alkanes) is 11. The maximum atomic E-state index is 10.3. The maximum absolute atomic E-state index is 10.3. The summed E-state index contributed by atoms with van der Waals surface area (Å²) in [7, 11) is 0. The van der Waals surface area contributed by atoms with E-state index in [1.165, 1.54) is 51.4 Å². The van der Waals surface area contributed by atoms with Crippen LogP contribution in [0.25, 0.3) is 0 Å². The highest BCUT2D eigenvalue weighted by atomic mass is 16.4. The molecule has 0 radical (unpaired) electrons. The van der Waals surface area contributed by atoms with Gasteiger partial charge in [-0.05, 0) is 12.8 Å². The highest BCUT2D eigenvalue weighted by molar-refractivity contribution is 5.71. The van der Waals surface area contributed by atoms with Crippen LogP contribution in [0.4, 0.5) is 0 Å². The van der Waals surface area contributed by atoms with Crippen LogP contribution in [-0.2, 0) is 9.59 Å². The van der Waals surface area contributed by atoms with Crippen molar-refractivity contribution in [2.75, 3.05) is 0 Å². The standard InChI is InChI=1S/2C11H22O3/c1-2-3-4-5-6-7-8-10(12)9-11(13)14;1-2-3-4-5-6-7-8-9-10(12)11(13)14/h2*10,12H,2-9H2,1H3,(H,13,14). The lowest BCUT2D eigenvalue weighted by atomic mass is 10.1. The molecule has 0 spiro atoms. The number of rotatable bonds is 18. The molecule has 0 aliphatic heterocycles. The van der Waals surface area contributed by atoms with Crippen molar-refractivity contribution in [2.24, 2.45) is 0 Å². The van der Waals surface area contributed by atoms with Gasteiger partial charge in [0, 0.05) is 0 Å². The normalized spacial score (nSPS) is 12.7. The average molecular weight is 405 g/mol. The fourth-order valence-corrected chi connectivity index (χ4v) is 2.88. The number of aliphatic hydroxyl groups excluding tert-OH is 2. The Labute approximate surface area is 171 Å². The minimum atomic E-state index is -1.16. The van der Waals surface area contributed by atoms with E-state index in [-0.39, 0.29) is 6.42 Å². The average Bonchev–Trinajstić information content (AvgIpc) is 2.63. The Hall–Kier alpha value is -1.14. The fourth-order valence-electron chi connectivity index (χ4n) is 2.88. The van der Waals surface area contributed by atoms with Gasteiger partial charge in [0.25, 0.3) is 0 Å². The van der Waals surface area contributed by atoms with Gasteiger partial charge in [-0.15, -0.1) is 0 Å². The Kier molecular flexibility index (Phi) is 23.0. The zero-order chi connectivity index (χ0) is 21.6. The molecule has 0 saturated carbocycles. The molecule has 0 saturated heterocycles. The van der Waals surface area contributed by atoms with Gasteiger partial charge in [0.15, 0.2) is 6.10 Å². The summed E-state index contributed by atoms with van der Waals surface area (Å²) in [6.45, 7) is 4.36. The third kappa shape index (κ3) is 24.9. The number of aliphatic carboxylic acids is 2. The molecule has 0 rings (SSSR count). The summed E-state index contributed by atoms with van der Waals surface area (Å²) in [5.41, 5.74) is 0. The molecule has 0 bridgehead atoms. The van der Waals surface area contributed by atoms with Crippen molar-refractivity contribution < 1.29 is 30.0 Å². The lowest BCUT2D eigenvalue weighted by Crippen LogP contribution is -2.18. The number of aliphatic hydroxyl groups is 2. The van der Waals surface area contributed by atoms with E-state index in [1.807, 2.05) is 0 Å². The quantitative estimate of drug-likeness (QED) is 0.235. The van der Waals surface area contributed by atoms with Crippen molar-refractivity contribution in [3.63, 3.8) is 0 Å². The third-order valence-electron chi connectivity index (χ3n) is 4.67.